The Morgan fingerprint density at radius 1 is 1.23 bits per heavy atom. The first kappa shape index (κ1) is 19.0. The van der Waals surface area contributed by atoms with Gasteiger partial charge in [-0.1, -0.05) is 46.3 Å². The van der Waals surface area contributed by atoms with Crippen molar-refractivity contribution in [3.8, 4) is 0 Å². The third kappa shape index (κ3) is 4.12. The van der Waals surface area contributed by atoms with Crippen molar-refractivity contribution >= 4 is 39.2 Å². The molecule has 3 N–H and O–H groups in total. The van der Waals surface area contributed by atoms with Crippen LogP contribution in [0.15, 0.2) is 59.1 Å². The molecule has 2 atom stereocenters. The number of carbonyl (C=O) groups is 1. The second-order valence-corrected chi connectivity index (χ2v) is 7.42. The van der Waals surface area contributed by atoms with Crippen molar-refractivity contribution < 1.29 is 14.6 Å². The number of carbonyl (C=O) groups excluding carboxylic acids is 1. The van der Waals surface area contributed by atoms with Crippen molar-refractivity contribution in [1.29, 1.82) is 0 Å². The quantitative estimate of drug-likeness (QED) is 0.647. The topological polar surface area (TPSA) is 70.6 Å². The highest BCUT2D eigenvalue weighted by atomic mass is 79.9. The number of hydrogen-bond acceptors (Lipinski definition) is 4. The molecule has 0 radical (unpaired) electrons. The van der Waals surface area contributed by atoms with Crippen LogP contribution in [0.3, 0.4) is 0 Å². The Balaban J connectivity index is 1.82. The summed E-state index contributed by atoms with van der Waals surface area (Å²) in [7, 11) is 0. The molecule has 1 amide bonds. The largest absolute Gasteiger partial charge is 0.388 e. The molecular formula is C19H19BrN2O3S. The standard InChI is InChI=1S/C19H19BrN2O3S/c20-15-8-4-7-14(11-15)19(9-10-25-12-16(19)23)22-18(26)21-17(24)13-5-2-1-3-6-13/h1-8,11,16,23H,9-10,12H2,(H2,21,22,24,26)/t16?,19-/m1/s1. The predicted octanol–water partition coefficient (Wildman–Crippen LogP) is 2.73. The molecule has 1 fully saturated rings. The van der Waals surface area contributed by atoms with Crippen LogP contribution in [-0.4, -0.2) is 35.4 Å². The number of amides is 1. The van der Waals surface area contributed by atoms with Gasteiger partial charge in [0, 0.05) is 23.1 Å². The Kier molecular flexibility index (Phi) is 6.03. The monoisotopic (exact) mass is 434 g/mol. The van der Waals surface area contributed by atoms with E-state index in [1.54, 1.807) is 24.3 Å². The number of aliphatic hydroxyl groups excluding tert-OH is 1. The molecule has 1 heterocycles. The van der Waals surface area contributed by atoms with E-state index in [0.717, 1.165) is 10.0 Å². The van der Waals surface area contributed by atoms with Crippen molar-refractivity contribution in [1.82, 2.24) is 10.6 Å². The van der Waals surface area contributed by atoms with Crippen LogP contribution in [0.2, 0.25) is 0 Å². The Morgan fingerprint density at radius 3 is 2.69 bits per heavy atom. The summed E-state index contributed by atoms with van der Waals surface area (Å²) in [6.07, 6.45) is -0.288. The Hall–Kier alpha value is -1.80. The highest BCUT2D eigenvalue weighted by Gasteiger charge is 2.43. The maximum atomic E-state index is 12.3. The first-order valence-corrected chi connectivity index (χ1v) is 9.42. The third-order valence-electron chi connectivity index (χ3n) is 4.42. The molecule has 3 rings (SSSR count). The average molecular weight is 435 g/mol. The number of nitrogens with one attached hydrogen (secondary N) is 2. The molecule has 0 spiro atoms. The van der Waals surface area contributed by atoms with Crippen molar-refractivity contribution in [2.24, 2.45) is 0 Å². The molecule has 0 saturated carbocycles. The van der Waals surface area contributed by atoms with Gasteiger partial charge in [0.05, 0.1) is 12.1 Å². The van der Waals surface area contributed by atoms with E-state index in [-0.39, 0.29) is 17.6 Å². The van der Waals surface area contributed by atoms with E-state index in [1.165, 1.54) is 0 Å². The summed E-state index contributed by atoms with van der Waals surface area (Å²) in [4.78, 5) is 12.3. The van der Waals surface area contributed by atoms with Crippen molar-refractivity contribution in [2.45, 2.75) is 18.1 Å². The van der Waals surface area contributed by atoms with E-state index in [0.29, 0.717) is 18.6 Å². The third-order valence-corrected chi connectivity index (χ3v) is 5.12. The maximum Gasteiger partial charge on any atom is 0.257 e. The average Bonchev–Trinajstić information content (AvgIpc) is 2.64. The summed E-state index contributed by atoms with van der Waals surface area (Å²) in [5, 5.41) is 16.7. The molecule has 5 nitrogen and oxygen atoms in total. The fourth-order valence-corrected chi connectivity index (χ4v) is 3.73. The van der Waals surface area contributed by atoms with Gasteiger partial charge < -0.3 is 15.2 Å². The van der Waals surface area contributed by atoms with E-state index in [9.17, 15) is 9.90 Å². The van der Waals surface area contributed by atoms with Crippen molar-refractivity contribution in [3.63, 3.8) is 0 Å². The first-order chi connectivity index (χ1) is 12.5. The van der Waals surface area contributed by atoms with Gasteiger partial charge in [0.1, 0.15) is 6.10 Å². The van der Waals surface area contributed by atoms with Crippen LogP contribution in [0.5, 0.6) is 0 Å². The number of benzene rings is 2. The Morgan fingerprint density at radius 2 is 2.00 bits per heavy atom. The number of halogens is 1. The van der Waals surface area contributed by atoms with Crippen LogP contribution in [0.4, 0.5) is 0 Å². The summed E-state index contributed by atoms with van der Waals surface area (Å²) in [5.41, 5.74) is 0.558. The Bertz CT molecular complexity index is 802. The lowest BCUT2D eigenvalue weighted by Crippen LogP contribution is -2.60. The van der Waals surface area contributed by atoms with Crippen LogP contribution >= 0.6 is 28.1 Å². The van der Waals surface area contributed by atoms with Gasteiger partial charge in [0.15, 0.2) is 5.11 Å². The zero-order valence-electron chi connectivity index (χ0n) is 13.9. The zero-order chi connectivity index (χ0) is 18.6. The van der Waals surface area contributed by atoms with E-state index in [2.05, 4.69) is 26.6 Å². The minimum atomic E-state index is -0.830. The maximum absolute atomic E-state index is 12.3. The molecule has 1 unspecified atom stereocenters. The number of rotatable bonds is 3. The summed E-state index contributed by atoms with van der Waals surface area (Å²) in [5.74, 6) is -0.297. The first-order valence-electron chi connectivity index (χ1n) is 8.22. The Labute approximate surface area is 165 Å². The molecule has 1 aliphatic rings. The summed E-state index contributed by atoms with van der Waals surface area (Å²) in [6.45, 7) is 0.667. The molecule has 0 aliphatic carbocycles. The van der Waals surface area contributed by atoms with E-state index < -0.39 is 11.6 Å². The number of thiocarbonyl (C=S) groups is 1. The highest BCUT2D eigenvalue weighted by Crippen LogP contribution is 2.33. The van der Waals surface area contributed by atoms with Crippen LogP contribution in [0.1, 0.15) is 22.3 Å². The number of aliphatic hydroxyl groups is 1. The summed E-state index contributed by atoms with van der Waals surface area (Å²) >= 11 is 8.83. The van der Waals surface area contributed by atoms with Gasteiger partial charge in [-0.3, -0.25) is 10.1 Å². The van der Waals surface area contributed by atoms with Gasteiger partial charge in [-0.05, 0) is 42.0 Å². The van der Waals surface area contributed by atoms with Crippen molar-refractivity contribution in [2.75, 3.05) is 13.2 Å². The van der Waals surface area contributed by atoms with Crippen LogP contribution in [0, 0.1) is 0 Å². The fourth-order valence-electron chi connectivity index (χ4n) is 3.06. The van der Waals surface area contributed by atoms with Gasteiger partial charge in [0.2, 0.25) is 0 Å². The second-order valence-electron chi connectivity index (χ2n) is 6.10. The molecular weight excluding hydrogens is 416 g/mol. The van der Waals surface area contributed by atoms with Gasteiger partial charge in [-0.25, -0.2) is 0 Å². The normalized spacial score (nSPS) is 22.5. The molecule has 1 aliphatic heterocycles. The van der Waals surface area contributed by atoms with Crippen LogP contribution in [-0.2, 0) is 10.3 Å². The number of ether oxygens (including phenoxy) is 1. The SMILES string of the molecule is O=C(NC(=S)N[C@@]1(c2cccc(Br)c2)CCOCC1O)c1ccccc1. The lowest BCUT2D eigenvalue weighted by Gasteiger charge is -2.43. The fraction of sp³-hybridized carbons (Fsp3) is 0.263. The van der Waals surface area contributed by atoms with Gasteiger partial charge >= 0.3 is 0 Å². The molecule has 7 heteroatoms. The molecule has 136 valence electrons. The zero-order valence-corrected chi connectivity index (χ0v) is 16.3. The smallest absolute Gasteiger partial charge is 0.257 e. The predicted molar refractivity (Wildman–Crippen MR) is 107 cm³/mol. The molecule has 2 aromatic rings. The molecule has 1 saturated heterocycles. The minimum absolute atomic E-state index is 0.166. The summed E-state index contributed by atoms with van der Waals surface area (Å²) in [6, 6.07) is 16.5. The summed E-state index contributed by atoms with van der Waals surface area (Å²) < 4.78 is 6.29. The van der Waals surface area contributed by atoms with Crippen molar-refractivity contribution in [3.05, 3.63) is 70.2 Å². The molecule has 26 heavy (non-hydrogen) atoms. The molecule has 2 aromatic carbocycles. The van der Waals surface area contributed by atoms with E-state index >= 15 is 0 Å². The van der Waals surface area contributed by atoms with Crippen LogP contribution in [0.25, 0.3) is 0 Å². The molecule has 0 bridgehead atoms. The van der Waals surface area contributed by atoms with Gasteiger partial charge in [-0.2, -0.15) is 0 Å². The van der Waals surface area contributed by atoms with Crippen LogP contribution < -0.4 is 10.6 Å². The highest BCUT2D eigenvalue weighted by molar-refractivity contribution is 9.10. The number of hydrogen-bond donors (Lipinski definition) is 3. The van der Waals surface area contributed by atoms with Gasteiger partial charge in [0.25, 0.3) is 5.91 Å². The lowest BCUT2D eigenvalue weighted by atomic mass is 9.80. The van der Waals surface area contributed by atoms with E-state index in [4.69, 9.17) is 17.0 Å². The van der Waals surface area contributed by atoms with Gasteiger partial charge in [-0.15, -0.1) is 0 Å². The minimum Gasteiger partial charge on any atom is -0.388 e. The lowest BCUT2D eigenvalue weighted by molar-refractivity contribution is -0.0672. The second kappa shape index (κ2) is 8.26. The molecule has 0 aromatic heterocycles. The van der Waals surface area contributed by atoms with E-state index in [1.807, 2.05) is 30.3 Å².